The molecule has 9 nitrogen and oxygen atoms in total. The zero-order valence-corrected chi connectivity index (χ0v) is 26.6. The summed E-state index contributed by atoms with van der Waals surface area (Å²) in [6.07, 6.45) is 2.14. The zero-order valence-electron chi connectivity index (χ0n) is 26.6. The van der Waals surface area contributed by atoms with Crippen LogP contribution in [0.1, 0.15) is 86.6 Å². The van der Waals surface area contributed by atoms with Gasteiger partial charge < -0.3 is 19.5 Å². The Hall–Kier alpha value is -3.73. The summed E-state index contributed by atoms with van der Waals surface area (Å²) < 4.78 is 46.5. The Morgan fingerprint density at radius 1 is 1.16 bits per heavy atom. The van der Waals surface area contributed by atoms with Crippen LogP contribution in [0.25, 0.3) is 10.9 Å². The molecular weight excluding hydrogens is 570 g/mol. The molecule has 0 radical (unpaired) electrons. The Kier molecular flexibility index (Phi) is 8.39. The maximum Gasteiger partial charge on any atom is 0.419 e. The maximum atomic E-state index is 14.3. The van der Waals surface area contributed by atoms with Crippen LogP contribution in [0.4, 0.5) is 19.4 Å². The molecule has 3 aromatic rings. The van der Waals surface area contributed by atoms with Crippen molar-refractivity contribution in [1.29, 1.82) is 0 Å². The van der Waals surface area contributed by atoms with Crippen molar-refractivity contribution in [1.82, 2.24) is 14.5 Å². The summed E-state index contributed by atoms with van der Waals surface area (Å²) in [4.78, 5) is 32.3. The average Bonchev–Trinajstić information content (AvgIpc) is 3.39. The third-order valence-corrected chi connectivity index (χ3v) is 8.69. The first kappa shape index (κ1) is 31.7. The van der Waals surface area contributed by atoms with Gasteiger partial charge in [-0.3, -0.25) is 9.47 Å². The number of esters is 1. The highest BCUT2D eigenvalue weighted by atomic mass is 19.3. The number of alkyl halides is 2. The Morgan fingerprint density at radius 3 is 2.50 bits per heavy atom. The molecule has 1 atom stereocenters. The Balaban J connectivity index is 1.58. The average molecular weight is 613 g/mol. The van der Waals surface area contributed by atoms with E-state index in [0.717, 1.165) is 27.6 Å². The van der Waals surface area contributed by atoms with Gasteiger partial charge in [0.15, 0.2) is 5.69 Å². The molecule has 1 aromatic carbocycles. The first-order valence-corrected chi connectivity index (χ1v) is 15.1. The van der Waals surface area contributed by atoms with Crippen molar-refractivity contribution in [3.63, 3.8) is 0 Å². The number of nitrogens with one attached hydrogen (secondary N) is 1. The van der Waals surface area contributed by atoms with Gasteiger partial charge in [0.05, 0.1) is 19.7 Å². The number of aromatic nitrogens is 2. The summed E-state index contributed by atoms with van der Waals surface area (Å²) in [7, 11) is 2.92. The number of nitrogens with zero attached hydrogens (tertiary/aromatic N) is 3. The fraction of sp³-hybridized carbons (Fsp3) is 0.545. The minimum Gasteiger partial charge on any atom is -0.496 e. The molecule has 1 spiro atoms. The summed E-state index contributed by atoms with van der Waals surface area (Å²) >= 11 is 0. The van der Waals surface area contributed by atoms with Crippen molar-refractivity contribution in [2.45, 2.75) is 84.4 Å². The number of pyridine rings is 1. The van der Waals surface area contributed by atoms with E-state index < -0.39 is 29.0 Å². The van der Waals surface area contributed by atoms with E-state index in [0.29, 0.717) is 44.0 Å². The van der Waals surface area contributed by atoms with Crippen LogP contribution in [0.5, 0.6) is 5.75 Å². The van der Waals surface area contributed by atoms with Crippen LogP contribution in [0.3, 0.4) is 0 Å². The molecule has 44 heavy (non-hydrogen) atoms. The van der Waals surface area contributed by atoms with E-state index in [1.54, 1.807) is 19.4 Å². The van der Waals surface area contributed by atoms with Crippen LogP contribution < -0.4 is 10.1 Å². The number of aryl methyl sites for hydroxylation is 1. The number of likely N-dealkylation sites (tertiary alicyclic amines) is 1. The van der Waals surface area contributed by atoms with Gasteiger partial charge in [-0.1, -0.05) is 6.07 Å². The molecule has 0 unspecified atom stereocenters. The van der Waals surface area contributed by atoms with Gasteiger partial charge in [-0.15, -0.1) is 0 Å². The molecule has 11 heteroatoms. The fourth-order valence-electron chi connectivity index (χ4n) is 6.88. The molecule has 2 aromatic heterocycles. The third-order valence-electron chi connectivity index (χ3n) is 8.69. The van der Waals surface area contributed by atoms with Gasteiger partial charge in [-0.25, -0.2) is 23.4 Å². The minimum atomic E-state index is -2.65. The van der Waals surface area contributed by atoms with Gasteiger partial charge in [0.2, 0.25) is 5.92 Å². The predicted molar refractivity (Wildman–Crippen MR) is 164 cm³/mol. The summed E-state index contributed by atoms with van der Waals surface area (Å²) in [5.74, 6) is -1.99. The number of piperidine rings is 1. The zero-order chi connectivity index (χ0) is 32.0. The van der Waals surface area contributed by atoms with Crippen molar-refractivity contribution in [2.75, 3.05) is 32.6 Å². The lowest BCUT2D eigenvalue weighted by Crippen LogP contribution is -2.53. The predicted octanol–water partition coefficient (Wildman–Crippen LogP) is 7.11. The Morgan fingerprint density at radius 2 is 1.89 bits per heavy atom. The number of ether oxygens (including phenoxy) is 3. The second-order valence-corrected chi connectivity index (χ2v) is 13.1. The second-order valence-electron chi connectivity index (χ2n) is 13.1. The maximum absolute atomic E-state index is 14.3. The molecule has 0 bridgehead atoms. The standard InChI is InChI=1S/C33H42F2N4O5/c1-8-36-28-22(9-10-24(37-28)29(40)43-7)25-16-32(18-33(34,35)19-32)12-14-38(25)17-23-21-11-13-39(30(41)44-31(3,4)5)27(21)20(2)15-26(23)42-6/h9-11,13,15,25H,8,12,14,16-19H2,1-7H3,(H,36,37)/t25-/m0/s1. The largest absolute Gasteiger partial charge is 0.496 e. The molecule has 1 saturated heterocycles. The highest BCUT2D eigenvalue weighted by molar-refractivity contribution is 5.95. The van der Waals surface area contributed by atoms with E-state index in [-0.39, 0.29) is 24.6 Å². The van der Waals surface area contributed by atoms with Crippen molar-refractivity contribution < 1.29 is 32.6 Å². The molecule has 5 rings (SSSR count). The Labute approximate surface area is 256 Å². The second kappa shape index (κ2) is 11.6. The third kappa shape index (κ3) is 6.11. The van der Waals surface area contributed by atoms with E-state index in [4.69, 9.17) is 14.2 Å². The van der Waals surface area contributed by atoms with E-state index in [1.807, 2.05) is 52.8 Å². The number of carbonyl (C=O) groups is 2. The molecule has 1 N–H and O–H groups in total. The molecule has 0 amide bonds. The lowest BCUT2D eigenvalue weighted by atomic mass is 9.59. The fourth-order valence-corrected chi connectivity index (χ4v) is 6.88. The van der Waals surface area contributed by atoms with Crippen LogP contribution in [-0.4, -0.2) is 65.3 Å². The van der Waals surface area contributed by atoms with E-state index in [1.165, 1.54) is 11.7 Å². The number of halogens is 2. The molecular formula is C33H42F2N4O5. The SMILES string of the molecule is CCNc1nc(C(=O)OC)ccc1[C@@H]1CC2(CCN1Cc1c(OC)cc(C)c3c1ccn3C(=O)OC(C)(C)C)CC(F)(F)C2. The van der Waals surface area contributed by atoms with Crippen molar-refractivity contribution in [2.24, 2.45) is 5.41 Å². The number of methoxy groups -OCH3 is 2. The van der Waals surface area contributed by atoms with Gasteiger partial charge >= 0.3 is 12.1 Å². The number of benzene rings is 1. The lowest BCUT2D eigenvalue weighted by molar-refractivity contribution is -0.186. The van der Waals surface area contributed by atoms with E-state index >= 15 is 0 Å². The molecule has 2 fully saturated rings. The van der Waals surface area contributed by atoms with Crippen LogP contribution in [-0.2, 0) is 16.0 Å². The first-order chi connectivity index (χ1) is 20.7. The smallest absolute Gasteiger partial charge is 0.419 e. The molecule has 1 saturated carbocycles. The number of anilines is 1. The van der Waals surface area contributed by atoms with E-state index in [9.17, 15) is 18.4 Å². The number of rotatable bonds is 7. The molecule has 238 valence electrons. The normalized spacial score (nSPS) is 19.4. The molecule has 3 heterocycles. The van der Waals surface area contributed by atoms with E-state index in [2.05, 4.69) is 15.2 Å². The van der Waals surface area contributed by atoms with Crippen LogP contribution in [0, 0.1) is 12.3 Å². The van der Waals surface area contributed by atoms with Gasteiger partial charge in [0, 0.05) is 54.7 Å². The summed E-state index contributed by atoms with van der Waals surface area (Å²) in [5, 5.41) is 4.13. The van der Waals surface area contributed by atoms with Crippen molar-refractivity contribution in [3.8, 4) is 5.75 Å². The topological polar surface area (TPSA) is 94.9 Å². The van der Waals surface area contributed by atoms with Gasteiger partial charge in [-0.2, -0.15) is 0 Å². The van der Waals surface area contributed by atoms with Gasteiger partial charge in [0.25, 0.3) is 0 Å². The minimum absolute atomic E-state index is 0.134. The van der Waals surface area contributed by atoms with Crippen LogP contribution in [0.2, 0.25) is 0 Å². The van der Waals surface area contributed by atoms with Crippen LogP contribution in [0.15, 0.2) is 30.5 Å². The number of hydrogen-bond acceptors (Lipinski definition) is 8. The monoisotopic (exact) mass is 612 g/mol. The lowest BCUT2D eigenvalue weighted by Gasteiger charge is -2.54. The van der Waals surface area contributed by atoms with Crippen LogP contribution >= 0.6 is 0 Å². The molecule has 2 aliphatic rings. The van der Waals surface area contributed by atoms with Gasteiger partial charge in [-0.05, 0) is 83.2 Å². The quantitative estimate of drug-likeness (QED) is 0.282. The number of fused-ring (bicyclic) bond motifs is 1. The van der Waals surface area contributed by atoms with Crippen molar-refractivity contribution >= 4 is 28.8 Å². The number of carbonyl (C=O) groups excluding carboxylic acids is 2. The number of hydrogen-bond donors (Lipinski definition) is 1. The van der Waals surface area contributed by atoms with Gasteiger partial charge in [0.1, 0.15) is 17.2 Å². The summed E-state index contributed by atoms with van der Waals surface area (Å²) in [5.41, 5.74) is 2.36. The molecule has 1 aliphatic heterocycles. The molecule has 1 aliphatic carbocycles. The first-order valence-electron chi connectivity index (χ1n) is 15.1. The Bertz CT molecular complexity index is 1570. The highest BCUT2D eigenvalue weighted by Crippen LogP contribution is 2.61. The summed E-state index contributed by atoms with van der Waals surface area (Å²) in [6, 6.07) is 7.03. The van der Waals surface area contributed by atoms with Crippen molar-refractivity contribution in [3.05, 3.63) is 52.8 Å². The summed E-state index contributed by atoms with van der Waals surface area (Å²) in [6.45, 7) is 10.9. The highest BCUT2D eigenvalue weighted by Gasteiger charge is 2.58.